The molecule has 1 saturated heterocycles. The van der Waals surface area contributed by atoms with E-state index in [0.29, 0.717) is 12.0 Å². The minimum atomic E-state index is 0.482. The molecule has 0 atom stereocenters. The summed E-state index contributed by atoms with van der Waals surface area (Å²) in [4.78, 5) is 11.6. The zero-order valence-corrected chi connectivity index (χ0v) is 12.2. The lowest BCUT2D eigenvalue weighted by Gasteiger charge is -2.33. The van der Waals surface area contributed by atoms with Crippen LogP contribution in [-0.2, 0) is 4.74 Å². The Morgan fingerprint density at radius 1 is 1.20 bits per heavy atom. The van der Waals surface area contributed by atoms with Gasteiger partial charge in [0.15, 0.2) is 0 Å². The van der Waals surface area contributed by atoms with Crippen LogP contribution in [0.3, 0.4) is 0 Å². The molecule has 6 heteroatoms. The molecule has 110 valence electrons. The molecule has 2 heterocycles. The normalized spacial score (nSPS) is 19.9. The van der Waals surface area contributed by atoms with Gasteiger partial charge in [0.2, 0.25) is 0 Å². The third-order valence-corrected chi connectivity index (χ3v) is 4.29. The molecule has 6 nitrogen and oxygen atoms in total. The van der Waals surface area contributed by atoms with E-state index in [1.807, 2.05) is 6.92 Å². The van der Waals surface area contributed by atoms with E-state index in [2.05, 4.69) is 22.4 Å². The summed E-state index contributed by atoms with van der Waals surface area (Å²) in [5.41, 5.74) is 3.73. The first kappa shape index (κ1) is 13.6. The molecule has 1 aromatic rings. The molecule has 0 unspecified atom stereocenters. The molecule has 0 aromatic carbocycles. The highest BCUT2D eigenvalue weighted by molar-refractivity contribution is 5.58. The standard InChI is InChI=1S/C14H23N5O/c1-9-12(18-15)16-13(10-3-4-10)17-14(9)19(2)11-5-7-20-8-6-11/h10-11H,3-8,15H2,1-2H3,(H,16,17,18). The van der Waals surface area contributed by atoms with Gasteiger partial charge in [-0.25, -0.2) is 15.8 Å². The van der Waals surface area contributed by atoms with E-state index in [1.54, 1.807) is 0 Å². The van der Waals surface area contributed by atoms with Crippen LogP contribution in [0.15, 0.2) is 0 Å². The number of rotatable bonds is 4. The van der Waals surface area contributed by atoms with Gasteiger partial charge in [-0.15, -0.1) is 0 Å². The van der Waals surface area contributed by atoms with E-state index in [9.17, 15) is 0 Å². The monoisotopic (exact) mass is 277 g/mol. The fraction of sp³-hybridized carbons (Fsp3) is 0.714. The van der Waals surface area contributed by atoms with Crippen LogP contribution >= 0.6 is 0 Å². The summed E-state index contributed by atoms with van der Waals surface area (Å²) >= 11 is 0. The van der Waals surface area contributed by atoms with E-state index in [0.717, 1.165) is 49.1 Å². The van der Waals surface area contributed by atoms with Crippen molar-refractivity contribution in [2.75, 3.05) is 30.6 Å². The molecule has 1 saturated carbocycles. The van der Waals surface area contributed by atoms with Crippen molar-refractivity contribution >= 4 is 11.6 Å². The number of nitrogens with two attached hydrogens (primary N) is 1. The summed E-state index contributed by atoms with van der Waals surface area (Å²) in [6.45, 7) is 3.68. The van der Waals surface area contributed by atoms with Crippen LogP contribution in [0.25, 0.3) is 0 Å². The Balaban J connectivity index is 1.91. The lowest BCUT2D eigenvalue weighted by Crippen LogP contribution is -2.38. The van der Waals surface area contributed by atoms with Crippen LogP contribution in [-0.4, -0.2) is 36.3 Å². The number of nitrogens with zero attached hydrogens (tertiary/aromatic N) is 3. The van der Waals surface area contributed by atoms with Crippen LogP contribution in [0, 0.1) is 6.92 Å². The Hall–Kier alpha value is -1.40. The maximum atomic E-state index is 5.61. The first-order chi connectivity index (χ1) is 9.70. The third-order valence-electron chi connectivity index (χ3n) is 4.29. The highest BCUT2D eigenvalue weighted by Crippen LogP contribution is 2.40. The molecular formula is C14H23N5O. The number of aromatic nitrogens is 2. The number of hydrazine groups is 1. The summed E-state index contributed by atoms with van der Waals surface area (Å²) in [6, 6.07) is 0.482. The van der Waals surface area contributed by atoms with Gasteiger partial charge in [0.1, 0.15) is 17.5 Å². The SMILES string of the molecule is Cc1c(NN)nc(C2CC2)nc1N(C)C1CCOCC1. The van der Waals surface area contributed by atoms with Gasteiger partial charge in [-0.05, 0) is 32.6 Å². The summed E-state index contributed by atoms with van der Waals surface area (Å²) in [6.07, 6.45) is 4.47. The molecule has 0 bridgehead atoms. The molecule has 2 aliphatic rings. The van der Waals surface area contributed by atoms with Crippen molar-refractivity contribution in [3.63, 3.8) is 0 Å². The second kappa shape index (κ2) is 5.54. The summed E-state index contributed by atoms with van der Waals surface area (Å²) in [5.74, 6) is 8.80. The zero-order valence-electron chi connectivity index (χ0n) is 12.2. The van der Waals surface area contributed by atoms with Crippen LogP contribution < -0.4 is 16.2 Å². The Labute approximate surface area is 119 Å². The quantitative estimate of drug-likeness (QED) is 0.642. The van der Waals surface area contributed by atoms with Crippen molar-refractivity contribution < 1.29 is 4.74 Å². The Morgan fingerprint density at radius 3 is 2.50 bits per heavy atom. The summed E-state index contributed by atoms with van der Waals surface area (Å²) < 4.78 is 5.44. The van der Waals surface area contributed by atoms with E-state index in [4.69, 9.17) is 15.6 Å². The minimum Gasteiger partial charge on any atom is -0.381 e. The molecule has 3 N–H and O–H groups in total. The van der Waals surface area contributed by atoms with E-state index in [-0.39, 0.29) is 0 Å². The zero-order chi connectivity index (χ0) is 14.1. The molecule has 3 rings (SSSR count). The minimum absolute atomic E-state index is 0.482. The third kappa shape index (κ3) is 2.58. The van der Waals surface area contributed by atoms with Gasteiger partial charge in [0.05, 0.1) is 0 Å². The Morgan fingerprint density at radius 2 is 1.90 bits per heavy atom. The van der Waals surface area contributed by atoms with Crippen molar-refractivity contribution in [1.29, 1.82) is 0 Å². The van der Waals surface area contributed by atoms with Crippen molar-refractivity contribution in [3.8, 4) is 0 Å². The van der Waals surface area contributed by atoms with Gasteiger partial charge < -0.3 is 15.1 Å². The fourth-order valence-corrected chi connectivity index (χ4v) is 2.78. The summed E-state index contributed by atoms with van der Waals surface area (Å²) in [7, 11) is 2.11. The second-order valence-electron chi connectivity index (χ2n) is 5.75. The molecule has 0 spiro atoms. The highest BCUT2D eigenvalue weighted by Gasteiger charge is 2.30. The van der Waals surface area contributed by atoms with Gasteiger partial charge in [0.25, 0.3) is 0 Å². The van der Waals surface area contributed by atoms with Gasteiger partial charge >= 0.3 is 0 Å². The van der Waals surface area contributed by atoms with Crippen LogP contribution in [0.4, 0.5) is 11.6 Å². The summed E-state index contributed by atoms with van der Waals surface area (Å²) in [5, 5.41) is 0. The average molecular weight is 277 g/mol. The molecule has 0 amide bonds. The molecule has 0 radical (unpaired) electrons. The molecular weight excluding hydrogens is 254 g/mol. The number of nitrogens with one attached hydrogen (secondary N) is 1. The number of anilines is 2. The van der Waals surface area contributed by atoms with Crippen LogP contribution in [0.5, 0.6) is 0 Å². The fourth-order valence-electron chi connectivity index (χ4n) is 2.78. The maximum absolute atomic E-state index is 5.61. The lowest BCUT2D eigenvalue weighted by atomic mass is 10.1. The number of hydrogen-bond acceptors (Lipinski definition) is 6. The van der Waals surface area contributed by atoms with Crippen molar-refractivity contribution in [3.05, 3.63) is 11.4 Å². The van der Waals surface area contributed by atoms with E-state index in [1.165, 1.54) is 12.8 Å². The van der Waals surface area contributed by atoms with Gasteiger partial charge in [-0.2, -0.15) is 0 Å². The molecule has 1 aliphatic heterocycles. The smallest absolute Gasteiger partial charge is 0.148 e. The number of hydrogen-bond donors (Lipinski definition) is 2. The molecule has 20 heavy (non-hydrogen) atoms. The van der Waals surface area contributed by atoms with Crippen LogP contribution in [0.2, 0.25) is 0 Å². The lowest BCUT2D eigenvalue weighted by molar-refractivity contribution is 0.0853. The predicted molar refractivity (Wildman–Crippen MR) is 78.8 cm³/mol. The molecule has 1 aromatic heterocycles. The van der Waals surface area contributed by atoms with Gasteiger partial charge in [-0.3, -0.25) is 0 Å². The maximum Gasteiger partial charge on any atom is 0.148 e. The average Bonchev–Trinajstić information content (AvgIpc) is 3.32. The van der Waals surface area contributed by atoms with Crippen molar-refractivity contribution in [2.45, 2.75) is 44.6 Å². The van der Waals surface area contributed by atoms with Crippen molar-refractivity contribution in [2.24, 2.45) is 5.84 Å². The van der Waals surface area contributed by atoms with Gasteiger partial charge in [-0.1, -0.05) is 0 Å². The largest absolute Gasteiger partial charge is 0.381 e. The first-order valence-electron chi connectivity index (χ1n) is 7.36. The second-order valence-corrected chi connectivity index (χ2v) is 5.75. The molecule has 2 fully saturated rings. The predicted octanol–water partition coefficient (Wildman–Crippen LogP) is 1.56. The van der Waals surface area contributed by atoms with E-state index >= 15 is 0 Å². The van der Waals surface area contributed by atoms with E-state index < -0.39 is 0 Å². The number of nitrogen functional groups attached to an aromatic ring is 1. The Kier molecular flexibility index (Phi) is 3.76. The van der Waals surface area contributed by atoms with Gasteiger partial charge in [0, 0.05) is 37.8 Å². The van der Waals surface area contributed by atoms with Crippen LogP contribution in [0.1, 0.15) is 43.0 Å². The van der Waals surface area contributed by atoms with Crippen molar-refractivity contribution in [1.82, 2.24) is 9.97 Å². The Bertz CT molecular complexity index is 483. The highest BCUT2D eigenvalue weighted by atomic mass is 16.5. The first-order valence-corrected chi connectivity index (χ1v) is 7.36. The number of ether oxygens (including phenoxy) is 1. The molecule has 1 aliphatic carbocycles. The topological polar surface area (TPSA) is 76.3 Å².